The first kappa shape index (κ1) is 14.6. The van der Waals surface area contributed by atoms with E-state index >= 15 is 0 Å². The van der Waals surface area contributed by atoms with Gasteiger partial charge in [-0.1, -0.05) is 30.4 Å². The van der Waals surface area contributed by atoms with Gasteiger partial charge in [-0.3, -0.25) is 9.69 Å². The van der Waals surface area contributed by atoms with Crippen molar-refractivity contribution in [3.63, 3.8) is 0 Å². The fourth-order valence-corrected chi connectivity index (χ4v) is 2.58. The third-order valence-electron chi connectivity index (χ3n) is 3.62. The number of benzene rings is 1. The van der Waals surface area contributed by atoms with E-state index in [0.717, 1.165) is 37.9 Å². The summed E-state index contributed by atoms with van der Waals surface area (Å²) in [4.78, 5) is 13.7. The number of nitrogens with two attached hydrogens (primary N) is 2. The number of primary amides is 1. The van der Waals surface area contributed by atoms with Gasteiger partial charge in [-0.2, -0.15) is 0 Å². The summed E-state index contributed by atoms with van der Waals surface area (Å²) in [5.74, 6) is 5.62. The van der Waals surface area contributed by atoms with Crippen molar-refractivity contribution < 1.29 is 4.79 Å². The molecule has 4 heteroatoms. The summed E-state index contributed by atoms with van der Waals surface area (Å²) >= 11 is 0. The molecule has 0 saturated carbocycles. The summed E-state index contributed by atoms with van der Waals surface area (Å²) in [5.41, 5.74) is 13.0. The molecule has 0 bridgehead atoms. The van der Waals surface area contributed by atoms with Crippen LogP contribution in [0.1, 0.15) is 30.4 Å². The summed E-state index contributed by atoms with van der Waals surface area (Å²) in [6, 6.07) is 7.95. The molecule has 20 heavy (non-hydrogen) atoms. The number of amides is 1. The SMILES string of the molecule is NCC#Cc1ccc(CN2CCCCC2C(N)=O)cc1. The van der Waals surface area contributed by atoms with Crippen LogP contribution in [-0.2, 0) is 11.3 Å². The second-order valence-corrected chi connectivity index (χ2v) is 5.09. The molecule has 1 saturated heterocycles. The molecule has 4 N–H and O–H groups in total. The summed E-state index contributed by atoms with van der Waals surface area (Å²) < 4.78 is 0. The van der Waals surface area contributed by atoms with Crippen LogP contribution in [0.25, 0.3) is 0 Å². The number of nitrogens with zero attached hydrogens (tertiary/aromatic N) is 1. The Morgan fingerprint density at radius 1 is 1.30 bits per heavy atom. The summed E-state index contributed by atoms with van der Waals surface area (Å²) in [6.45, 7) is 2.07. The second-order valence-electron chi connectivity index (χ2n) is 5.09. The normalized spacial score (nSPS) is 19.1. The first-order valence-electron chi connectivity index (χ1n) is 7.02. The molecule has 1 fully saturated rings. The maximum Gasteiger partial charge on any atom is 0.234 e. The molecule has 106 valence electrons. The van der Waals surface area contributed by atoms with Gasteiger partial charge in [0, 0.05) is 12.1 Å². The maximum absolute atomic E-state index is 11.5. The summed E-state index contributed by atoms with van der Waals surface area (Å²) in [5, 5.41) is 0. The molecule has 1 aliphatic rings. The predicted molar refractivity (Wildman–Crippen MR) is 79.6 cm³/mol. The van der Waals surface area contributed by atoms with E-state index in [9.17, 15) is 4.79 Å². The molecule has 0 radical (unpaired) electrons. The molecular weight excluding hydrogens is 250 g/mol. The number of hydrogen-bond acceptors (Lipinski definition) is 3. The van der Waals surface area contributed by atoms with E-state index in [1.54, 1.807) is 0 Å². The van der Waals surface area contributed by atoms with Crippen molar-refractivity contribution in [2.75, 3.05) is 13.1 Å². The van der Waals surface area contributed by atoms with E-state index in [1.807, 2.05) is 24.3 Å². The van der Waals surface area contributed by atoms with E-state index < -0.39 is 0 Å². The van der Waals surface area contributed by atoms with Crippen molar-refractivity contribution in [1.29, 1.82) is 0 Å². The number of piperidine rings is 1. The fourth-order valence-electron chi connectivity index (χ4n) is 2.58. The minimum absolute atomic E-state index is 0.125. The number of hydrogen-bond donors (Lipinski definition) is 2. The smallest absolute Gasteiger partial charge is 0.234 e. The van der Waals surface area contributed by atoms with E-state index in [-0.39, 0.29) is 11.9 Å². The van der Waals surface area contributed by atoms with Crippen molar-refractivity contribution >= 4 is 5.91 Å². The Bertz CT molecular complexity index is 513. The molecule has 4 nitrogen and oxygen atoms in total. The van der Waals surface area contributed by atoms with Crippen LogP contribution >= 0.6 is 0 Å². The number of likely N-dealkylation sites (tertiary alicyclic amines) is 1. The Hall–Kier alpha value is -1.83. The largest absolute Gasteiger partial charge is 0.368 e. The van der Waals surface area contributed by atoms with Crippen LogP contribution in [0.3, 0.4) is 0 Å². The Morgan fingerprint density at radius 3 is 2.70 bits per heavy atom. The minimum Gasteiger partial charge on any atom is -0.368 e. The average molecular weight is 271 g/mol. The molecule has 0 aliphatic carbocycles. The van der Waals surface area contributed by atoms with Crippen molar-refractivity contribution in [3.05, 3.63) is 35.4 Å². The number of carbonyl (C=O) groups is 1. The molecule has 0 spiro atoms. The van der Waals surface area contributed by atoms with Crippen molar-refractivity contribution in [1.82, 2.24) is 4.90 Å². The van der Waals surface area contributed by atoms with Gasteiger partial charge in [-0.15, -0.1) is 0 Å². The zero-order chi connectivity index (χ0) is 14.4. The van der Waals surface area contributed by atoms with E-state index in [4.69, 9.17) is 11.5 Å². The Morgan fingerprint density at radius 2 is 2.05 bits per heavy atom. The average Bonchev–Trinajstić information content (AvgIpc) is 2.47. The highest BCUT2D eigenvalue weighted by molar-refractivity contribution is 5.79. The molecule has 1 unspecified atom stereocenters. The van der Waals surface area contributed by atoms with Crippen LogP contribution < -0.4 is 11.5 Å². The highest BCUT2D eigenvalue weighted by atomic mass is 16.1. The van der Waals surface area contributed by atoms with Crippen LogP contribution in [0.4, 0.5) is 0 Å². The van der Waals surface area contributed by atoms with Gasteiger partial charge in [0.2, 0.25) is 5.91 Å². The minimum atomic E-state index is -0.213. The van der Waals surface area contributed by atoms with Gasteiger partial charge in [0.1, 0.15) is 0 Å². The summed E-state index contributed by atoms with van der Waals surface area (Å²) in [6.07, 6.45) is 3.08. The first-order chi connectivity index (χ1) is 9.70. The van der Waals surface area contributed by atoms with Gasteiger partial charge in [0.25, 0.3) is 0 Å². The lowest BCUT2D eigenvalue weighted by Gasteiger charge is -2.33. The van der Waals surface area contributed by atoms with Gasteiger partial charge in [-0.25, -0.2) is 0 Å². The Labute approximate surface area is 120 Å². The van der Waals surface area contributed by atoms with Gasteiger partial charge in [-0.05, 0) is 37.1 Å². The first-order valence-corrected chi connectivity index (χ1v) is 7.02. The van der Waals surface area contributed by atoms with Gasteiger partial charge in [0.05, 0.1) is 12.6 Å². The third-order valence-corrected chi connectivity index (χ3v) is 3.62. The predicted octanol–water partition coefficient (Wildman–Crippen LogP) is 0.837. The van der Waals surface area contributed by atoms with Crippen molar-refractivity contribution in [2.24, 2.45) is 11.5 Å². The molecule has 1 aromatic rings. The van der Waals surface area contributed by atoms with E-state index in [2.05, 4.69) is 16.7 Å². The quantitative estimate of drug-likeness (QED) is 0.800. The molecule has 0 aromatic heterocycles. The monoisotopic (exact) mass is 271 g/mol. The Kier molecular flexibility index (Phi) is 5.16. The zero-order valence-corrected chi connectivity index (χ0v) is 11.6. The van der Waals surface area contributed by atoms with Crippen LogP contribution in [0, 0.1) is 11.8 Å². The number of carbonyl (C=O) groups excluding carboxylic acids is 1. The van der Waals surface area contributed by atoms with E-state index in [0.29, 0.717) is 6.54 Å². The van der Waals surface area contributed by atoms with Crippen molar-refractivity contribution in [2.45, 2.75) is 31.8 Å². The highest BCUT2D eigenvalue weighted by Gasteiger charge is 2.26. The lowest BCUT2D eigenvalue weighted by atomic mass is 10.0. The highest BCUT2D eigenvalue weighted by Crippen LogP contribution is 2.19. The maximum atomic E-state index is 11.5. The van der Waals surface area contributed by atoms with Crippen molar-refractivity contribution in [3.8, 4) is 11.8 Å². The lowest BCUT2D eigenvalue weighted by Crippen LogP contribution is -2.47. The molecule has 1 atom stereocenters. The van der Waals surface area contributed by atoms with E-state index in [1.165, 1.54) is 5.56 Å². The molecular formula is C16H21N3O. The summed E-state index contributed by atoms with van der Waals surface area (Å²) in [7, 11) is 0. The standard InChI is InChI=1S/C16H21N3O/c17-10-3-4-13-6-8-14(9-7-13)12-19-11-2-1-5-15(19)16(18)20/h6-9,15H,1-2,5,10-12,17H2,(H2,18,20). The molecule has 1 amide bonds. The molecule has 1 aromatic carbocycles. The van der Waals surface area contributed by atoms with Crippen LogP contribution in [0.5, 0.6) is 0 Å². The van der Waals surface area contributed by atoms with Crippen LogP contribution in [-0.4, -0.2) is 29.9 Å². The molecule has 2 rings (SSSR count). The van der Waals surface area contributed by atoms with Gasteiger partial charge < -0.3 is 11.5 Å². The molecule has 1 heterocycles. The third kappa shape index (κ3) is 3.83. The lowest BCUT2D eigenvalue weighted by molar-refractivity contribution is -0.124. The Balaban J connectivity index is 2.03. The van der Waals surface area contributed by atoms with Gasteiger partial charge >= 0.3 is 0 Å². The van der Waals surface area contributed by atoms with Crippen LogP contribution in [0.15, 0.2) is 24.3 Å². The number of rotatable bonds is 3. The molecule has 1 aliphatic heterocycles. The zero-order valence-electron chi connectivity index (χ0n) is 11.6. The topological polar surface area (TPSA) is 72.3 Å². The fraction of sp³-hybridized carbons (Fsp3) is 0.438. The van der Waals surface area contributed by atoms with Gasteiger partial charge in [0.15, 0.2) is 0 Å². The van der Waals surface area contributed by atoms with Crippen LogP contribution in [0.2, 0.25) is 0 Å². The second kappa shape index (κ2) is 7.09.